The number of ether oxygens (including phenoxy) is 2. The molecule has 0 bridgehead atoms. The van der Waals surface area contributed by atoms with Crippen LogP contribution < -0.4 is 4.74 Å². The number of fused-ring (bicyclic) bond motifs is 2. The minimum atomic E-state index is 0.0650. The van der Waals surface area contributed by atoms with Crippen LogP contribution in [0.4, 0.5) is 0 Å². The van der Waals surface area contributed by atoms with Gasteiger partial charge >= 0.3 is 0 Å². The molecule has 9 heteroatoms. The highest BCUT2D eigenvalue weighted by atomic mass is 16.5. The minimum Gasteiger partial charge on any atom is -0.472 e. The van der Waals surface area contributed by atoms with E-state index in [1.165, 1.54) is 0 Å². The van der Waals surface area contributed by atoms with Crippen LogP contribution in [-0.4, -0.2) is 54.2 Å². The maximum atomic E-state index is 5.93. The third-order valence-electron chi connectivity index (χ3n) is 5.64. The standard InChI is InChI=1S/C24H21N7O2/c1-2-18-10-17(3-4-21(18)25-7-1)14-31-24-23(29-30-31)27-13-19(28-24)11-16-5-8-26-22(12-16)33-20-6-9-32-15-20/h1-5,7-8,10,12-13,20H,6,9,11,14-15H2/t20-/m0/s1. The number of aromatic nitrogens is 7. The van der Waals surface area contributed by atoms with E-state index in [1.807, 2.05) is 30.3 Å². The van der Waals surface area contributed by atoms with Crippen molar-refractivity contribution in [3.63, 3.8) is 0 Å². The van der Waals surface area contributed by atoms with Crippen LogP contribution in [0.3, 0.4) is 0 Å². The van der Waals surface area contributed by atoms with E-state index < -0.39 is 0 Å². The maximum absolute atomic E-state index is 5.93. The first-order valence-corrected chi connectivity index (χ1v) is 10.9. The Labute approximate surface area is 189 Å². The molecule has 0 radical (unpaired) electrons. The van der Waals surface area contributed by atoms with E-state index in [1.54, 1.807) is 23.3 Å². The molecule has 0 N–H and O–H groups in total. The first-order chi connectivity index (χ1) is 16.3. The van der Waals surface area contributed by atoms with Gasteiger partial charge in [0, 0.05) is 36.7 Å². The first-order valence-electron chi connectivity index (χ1n) is 10.9. The predicted molar refractivity (Wildman–Crippen MR) is 121 cm³/mol. The minimum absolute atomic E-state index is 0.0650. The summed E-state index contributed by atoms with van der Waals surface area (Å²) in [5.41, 5.74) is 5.13. The molecule has 0 spiro atoms. The van der Waals surface area contributed by atoms with E-state index in [2.05, 4.69) is 37.4 Å². The summed E-state index contributed by atoms with van der Waals surface area (Å²) in [5.74, 6) is 0.606. The Morgan fingerprint density at radius 3 is 2.97 bits per heavy atom. The Morgan fingerprint density at radius 2 is 2.03 bits per heavy atom. The molecular weight excluding hydrogens is 418 g/mol. The van der Waals surface area contributed by atoms with E-state index in [0.717, 1.165) is 40.8 Å². The molecule has 4 aromatic heterocycles. The largest absolute Gasteiger partial charge is 0.472 e. The van der Waals surface area contributed by atoms with Gasteiger partial charge in [0.05, 0.1) is 37.2 Å². The van der Waals surface area contributed by atoms with Crippen LogP contribution >= 0.6 is 0 Å². The average Bonchev–Trinajstić information content (AvgIpc) is 3.49. The van der Waals surface area contributed by atoms with Gasteiger partial charge < -0.3 is 9.47 Å². The van der Waals surface area contributed by atoms with Crippen molar-refractivity contribution in [3.05, 3.63) is 77.9 Å². The number of pyridine rings is 2. The maximum Gasteiger partial charge on any atom is 0.221 e. The number of rotatable bonds is 6. The van der Waals surface area contributed by atoms with Crippen LogP contribution in [-0.2, 0) is 17.7 Å². The second kappa shape index (κ2) is 8.51. The zero-order valence-electron chi connectivity index (χ0n) is 17.8. The molecule has 1 aliphatic rings. The predicted octanol–water partition coefficient (Wildman–Crippen LogP) is 2.97. The molecule has 1 saturated heterocycles. The van der Waals surface area contributed by atoms with Crippen molar-refractivity contribution < 1.29 is 9.47 Å². The van der Waals surface area contributed by atoms with Gasteiger partial charge in [0.25, 0.3) is 0 Å². The molecule has 1 aliphatic heterocycles. The van der Waals surface area contributed by atoms with Crippen LogP contribution in [0.25, 0.3) is 22.2 Å². The van der Waals surface area contributed by atoms with E-state index in [0.29, 0.717) is 36.7 Å². The molecule has 9 nitrogen and oxygen atoms in total. The Hall–Kier alpha value is -3.98. The summed E-state index contributed by atoms with van der Waals surface area (Å²) in [5, 5.41) is 9.55. The van der Waals surface area contributed by atoms with Gasteiger partial charge in [-0.3, -0.25) is 4.98 Å². The summed E-state index contributed by atoms with van der Waals surface area (Å²) in [7, 11) is 0. The number of hydrogen-bond acceptors (Lipinski definition) is 8. The van der Waals surface area contributed by atoms with Crippen molar-refractivity contribution in [1.82, 2.24) is 34.9 Å². The third-order valence-corrected chi connectivity index (χ3v) is 5.64. The van der Waals surface area contributed by atoms with Crippen LogP contribution in [0.2, 0.25) is 0 Å². The van der Waals surface area contributed by atoms with Crippen molar-refractivity contribution >= 4 is 22.2 Å². The Balaban J connectivity index is 1.23. The number of benzene rings is 1. The molecule has 5 aromatic rings. The normalized spacial score (nSPS) is 15.9. The fourth-order valence-corrected chi connectivity index (χ4v) is 3.99. The van der Waals surface area contributed by atoms with Gasteiger partial charge in [0.2, 0.25) is 11.5 Å². The molecule has 1 atom stereocenters. The summed E-state index contributed by atoms with van der Waals surface area (Å²) < 4.78 is 13.1. The van der Waals surface area contributed by atoms with E-state index >= 15 is 0 Å². The van der Waals surface area contributed by atoms with Crippen molar-refractivity contribution in [2.75, 3.05) is 13.2 Å². The van der Waals surface area contributed by atoms with E-state index in [-0.39, 0.29) is 6.10 Å². The lowest BCUT2D eigenvalue weighted by atomic mass is 10.1. The molecule has 0 unspecified atom stereocenters. The smallest absolute Gasteiger partial charge is 0.221 e. The Morgan fingerprint density at radius 1 is 1.03 bits per heavy atom. The van der Waals surface area contributed by atoms with Crippen LogP contribution in [0.1, 0.15) is 23.2 Å². The van der Waals surface area contributed by atoms with Crippen LogP contribution in [0, 0.1) is 0 Å². The van der Waals surface area contributed by atoms with Gasteiger partial charge in [-0.1, -0.05) is 17.3 Å². The number of nitrogens with zero attached hydrogens (tertiary/aromatic N) is 7. The monoisotopic (exact) mass is 439 g/mol. The second-order valence-electron chi connectivity index (χ2n) is 8.07. The fraction of sp³-hybridized carbons (Fsp3) is 0.250. The summed E-state index contributed by atoms with van der Waals surface area (Å²) in [6.45, 7) is 1.90. The van der Waals surface area contributed by atoms with Gasteiger partial charge in [0.1, 0.15) is 6.10 Å². The molecule has 0 amide bonds. The van der Waals surface area contributed by atoms with Gasteiger partial charge in [0.15, 0.2) is 5.65 Å². The van der Waals surface area contributed by atoms with Gasteiger partial charge in [-0.05, 0) is 35.4 Å². The average molecular weight is 439 g/mol. The highest BCUT2D eigenvalue weighted by Crippen LogP contribution is 2.19. The third kappa shape index (κ3) is 4.22. The lowest BCUT2D eigenvalue weighted by molar-refractivity contribution is 0.138. The fourth-order valence-electron chi connectivity index (χ4n) is 3.99. The van der Waals surface area contributed by atoms with E-state index in [9.17, 15) is 0 Å². The SMILES string of the molecule is c1cnc2ccc(Cn3nnc4ncc(Cc5ccnc(O[C@H]6CCOC6)c5)nc43)cc2c1. The van der Waals surface area contributed by atoms with Gasteiger partial charge in [-0.2, -0.15) is 0 Å². The quantitative estimate of drug-likeness (QED) is 0.398. The Bertz CT molecular complexity index is 1430. The van der Waals surface area contributed by atoms with Crippen molar-refractivity contribution in [2.45, 2.75) is 25.5 Å². The first kappa shape index (κ1) is 19.7. The molecule has 164 valence electrons. The molecule has 0 aliphatic carbocycles. The highest BCUT2D eigenvalue weighted by Gasteiger charge is 2.18. The van der Waals surface area contributed by atoms with Crippen molar-refractivity contribution in [1.29, 1.82) is 0 Å². The molecule has 1 fully saturated rings. The highest BCUT2D eigenvalue weighted by molar-refractivity contribution is 5.79. The molecule has 6 rings (SSSR count). The molecule has 0 saturated carbocycles. The lowest BCUT2D eigenvalue weighted by Crippen LogP contribution is -2.16. The molecule has 33 heavy (non-hydrogen) atoms. The molecule has 1 aromatic carbocycles. The Kier molecular flexibility index (Phi) is 5.08. The van der Waals surface area contributed by atoms with Gasteiger partial charge in [-0.25, -0.2) is 19.6 Å². The zero-order chi connectivity index (χ0) is 22.0. The van der Waals surface area contributed by atoms with Crippen molar-refractivity contribution in [3.8, 4) is 5.88 Å². The summed E-state index contributed by atoms with van der Waals surface area (Å²) in [6.07, 6.45) is 6.86. The summed E-state index contributed by atoms with van der Waals surface area (Å²) >= 11 is 0. The van der Waals surface area contributed by atoms with Crippen molar-refractivity contribution in [2.24, 2.45) is 0 Å². The van der Waals surface area contributed by atoms with Gasteiger partial charge in [-0.15, -0.1) is 5.10 Å². The number of hydrogen-bond donors (Lipinski definition) is 0. The summed E-state index contributed by atoms with van der Waals surface area (Å²) in [6, 6.07) is 14.1. The lowest BCUT2D eigenvalue weighted by Gasteiger charge is -2.11. The molecule has 5 heterocycles. The zero-order valence-corrected chi connectivity index (χ0v) is 17.8. The molecular formula is C24H21N7O2. The topological polar surface area (TPSA) is 101 Å². The van der Waals surface area contributed by atoms with E-state index in [4.69, 9.17) is 14.5 Å². The van der Waals surface area contributed by atoms with Crippen LogP contribution in [0.5, 0.6) is 5.88 Å². The summed E-state index contributed by atoms with van der Waals surface area (Å²) in [4.78, 5) is 18.0. The second-order valence-corrected chi connectivity index (χ2v) is 8.07. The van der Waals surface area contributed by atoms with Crippen LogP contribution in [0.15, 0.2) is 61.1 Å².